The lowest BCUT2D eigenvalue weighted by Crippen LogP contribution is -2.21. The van der Waals surface area contributed by atoms with Gasteiger partial charge in [-0.25, -0.2) is 22.8 Å². The molecule has 0 aliphatic rings. The minimum absolute atomic E-state index is 0.0739. The molecule has 10 nitrogen and oxygen atoms in total. The van der Waals surface area contributed by atoms with Crippen LogP contribution in [0, 0.1) is 5.82 Å². The number of nitrogens with one attached hydrogen (secondary N) is 3. The number of benzene rings is 1. The average Bonchev–Trinajstić information content (AvgIpc) is 2.77. The Morgan fingerprint density at radius 2 is 1.78 bits per heavy atom. The largest absolute Gasteiger partial charge is 0.335 e. The van der Waals surface area contributed by atoms with Gasteiger partial charge in [-0.15, -0.1) is 0 Å². The first-order valence-electron chi connectivity index (χ1n) is 9.56. The van der Waals surface area contributed by atoms with Crippen LogP contribution in [0.2, 0.25) is 0 Å². The summed E-state index contributed by atoms with van der Waals surface area (Å²) in [5, 5.41) is 7.32. The second-order valence-electron chi connectivity index (χ2n) is 6.92. The molecular formula is C20H22FN7O3S. The van der Waals surface area contributed by atoms with E-state index in [9.17, 15) is 17.6 Å². The number of carbonyl (C=O) groups is 1. The highest BCUT2D eigenvalue weighted by atomic mass is 32.2. The summed E-state index contributed by atoms with van der Waals surface area (Å²) in [6, 6.07) is 9.64. The summed E-state index contributed by atoms with van der Waals surface area (Å²) in [6.07, 6.45) is 2.31. The molecule has 0 bridgehead atoms. The van der Waals surface area contributed by atoms with Crippen LogP contribution in [0.15, 0.2) is 53.8 Å². The van der Waals surface area contributed by atoms with Crippen LogP contribution in [0.5, 0.6) is 0 Å². The predicted molar refractivity (Wildman–Crippen MR) is 119 cm³/mol. The fourth-order valence-electron chi connectivity index (χ4n) is 2.56. The van der Waals surface area contributed by atoms with E-state index in [2.05, 4.69) is 30.9 Å². The zero-order valence-electron chi connectivity index (χ0n) is 17.3. The number of pyridine rings is 1. The van der Waals surface area contributed by atoms with E-state index in [1.807, 2.05) is 0 Å². The zero-order valence-corrected chi connectivity index (χ0v) is 18.1. The number of rotatable bonds is 8. The number of nitrogens with two attached hydrogens (primary N) is 1. The lowest BCUT2D eigenvalue weighted by Gasteiger charge is -2.14. The molecule has 5 N–H and O–H groups in total. The van der Waals surface area contributed by atoms with Gasteiger partial charge in [-0.3, -0.25) is 4.79 Å². The number of carbonyl (C=O) groups excluding carboxylic acids is 1. The van der Waals surface area contributed by atoms with E-state index in [0.29, 0.717) is 11.4 Å². The van der Waals surface area contributed by atoms with Gasteiger partial charge in [-0.05, 0) is 50.2 Å². The summed E-state index contributed by atoms with van der Waals surface area (Å²) in [6.45, 7) is 2.94. The second kappa shape index (κ2) is 9.66. The average molecular weight is 460 g/mol. The van der Waals surface area contributed by atoms with E-state index in [4.69, 9.17) is 5.73 Å². The first kappa shape index (κ1) is 23.0. The Morgan fingerprint density at radius 1 is 1.09 bits per heavy atom. The minimum atomic E-state index is -3.71. The molecule has 32 heavy (non-hydrogen) atoms. The van der Waals surface area contributed by atoms with Crippen LogP contribution in [0.3, 0.4) is 0 Å². The topological polar surface area (TPSA) is 152 Å². The van der Waals surface area contributed by atoms with Gasteiger partial charge in [0.25, 0.3) is 0 Å². The molecule has 0 unspecified atom stereocenters. The van der Waals surface area contributed by atoms with Crippen molar-refractivity contribution in [2.75, 3.05) is 22.5 Å². The third-order valence-corrected chi connectivity index (χ3v) is 6.37. The Morgan fingerprint density at radius 3 is 2.44 bits per heavy atom. The number of nitrogens with zero attached hydrogens (tertiary/aromatic N) is 3. The summed E-state index contributed by atoms with van der Waals surface area (Å²) in [4.78, 5) is 23.3. The number of hydrogen-bond donors (Lipinski definition) is 4. The molecule has 0 radical (unpaired) electrons. The van der Waals surface area contributed by atoms with Gasteiger partial charge in [0.15, 0.2) is 26.5 Å². The number of sulfone groups is 1. The van der Waals surface area contributed by atoms with Crippen LogP contribution in [0.4, 0.5) is 33.2 Å². The van der Waals surface area contributed by atoms with Crippen LogP contribution >= 0.6 is 0 Å². The summed E-state index contributed by atoms with van der Waals surface area (Å²) < 4.78 is 39.5. The Kier molecular flexibility index (Phi) is 6.95. The Labute approximate surface area is 184 Å². The Hall–Kier alpha value is -3.64. The molecule has 0 spiro atoms. The van der Waals surface area contributed by atoms with Crippen molar-refractivity contribution >= 4 is 44.6 Å². The van der Waals surface area contributed by atoms with E-state index >= 15 is 0 Å². The standard InChI is InChI=1S/C20H22FN7O3S/c1-12(2)32(30,31)19-16(4-3-9-23-19)27-18-15(21)11-24-20(28-18)26-14-7-5-13(6-8-14)25-17(29)10-22/h3-9,11-12H,10,22H2,1-2H3,(H,25,29)(H2,24,26,27,28). The van der Waals surface area contributed by atoms with E-state index in [0.717, 1.165) is 6.20 Å². The highest BCUT2D eigenvalue weighted by molar-refractivity contribution is 7.92. The summed E-state index contributed by atoms with van der Waals surface area (Å²) >= 11 is 0. The number of halogens is 1. The lowest BCUT2D eigenvalue weighted by atomic mass is 10.3. The molecule has 3 rings (SSSR count). The maximum Gasteiger partial charge on any atom is 0.238 e. The molecule has 168 valence electrons. The van der Waals surface area contributed by atoms with Crippen molar-refractivity contribution in [3.8, 4) is 0 Å². The van der Waals surface area contributed by atoms with Crippen molar-refractivity contribution < 1.29 is 17.6 Å². The van der Waals surface area contributed by atoms with E-state index in [1.165, 1.54) is 32.2 Å². The zero-order chi connectivity index (χ0) is 23.3. The monoisotopic (exact) mass is 459 g/mol. The normalized spacial score (nSPS) is 11.3. The van der Waals surface area contributed by atoms with Crippen LogP contribution in [-0.2, 0) is 14.6 Å². The van der Waals surface area contributed by atoms with Gasteiger partial charge in [0.2, 0.25) is 11.9 Å². The summed E-state index contributed by atoms with van der Waals surface area (Å²) in [5.41, 5.74) is 6.51. The second-order valence-corrected chi connectivity index (χ2v) is 9.34. The fourth-order valence-corrected chi connectivity index (χ4v) is 3.64. The highest BCUT2D eigenvalue weighted by Gasteiger charge is 2.25. The SMILES string of the molecule is CC(C)S(=O)(=O)c1ncccc1Nc1nc(Nc2ccc(NC(=O)CN)cc2)ncc1F. The Balaban J connectivity index is 1.83. The van der Waals surface area contributed by atoms with Crippen molar-refractivity contribution in [3.05, 3.63) is 54.6 Å². The number of anilines is 5. The summed E-state index contributed by atoms with van der Waals surface area (Å²) in [5.74, 6) is -1.24. The van der Waals surface area contributed by atoms with Gasteiger partial charge < -0.3 is 21.7 Å². The maximum atomic E-state index is 14.4. The van der Waals surface area contributed by atoms with Crippen molar-refractivity contribution in [3.63, 3.8) is 0 Å². The predicted octanol–water partition coefficient (Wildman–Crippen LogP) is 2.58. The highest BCUT2D eigenvalue weighted by Crippen LogP contribution is 2.27. The third-order valence-electron chi connectivity index (χ3n) is 4.27. The van der Waals surface area contributed by atoms with E-state index in [-0.39, 0.29) is 34.9 Å². The van der Waals surface area contributed by atoms with E-state index < -0.39 is 20.9 Å². The number of hydrogen-bond acceptors (Lipinski definition) is 9. The molecule has 0 aliphatic heterocycles. The molecular weight excluding hydrogens is 437 g/mol. The maximum absolute atomic E-state index is 14.4. The van der Waals surface area contributed by atoms with Crippen LogP contribution < -0.4 is 21.7 Å². The first-order valence-corrected chi connectivity index (χ1v) is 11.1. The smallest absolute Gasteiger partial charge is 0.238 e. The van der Waals surface area contributed by atoms with Gasteiger partial charge in [0.1, 0.15) is 0 Å². The van der Waals surface area contributed by atoms with Crippen LogP contribution in [-0.4, -0.2) is 41.1 Å². The van der Waals surface area contributed by atoms with Gasteiger partial charge in [-0.1, -0.05) is 0 Å². The lowest BCUT2D eigenvalue weighted by molar-refractivity contribution is -0.114. The molecule has 12 heteroatoms. The van der Waals surface area contributed by atoms with Crippen LogP contribution in [0.1, 0.15) is 13.8 Å². The first-order chi connectivity index (χ1) is 15.2. The molecule has 0 aliphatic carbocycles. The Bertz CT molecular complexity index is 1220. The minimum Gasteiger partial charge on any atom is -0.335 e. The summed E-state index contributed by atoms with van der Waals surface area (Å²) in [7, 11) is -3.71. The molecule has 2 aromatic heterocycles. The van der Waals surface area contributed by atoms with Crippen LogP contribution in [0.25, 0.3) is 0 Å². The molecule has 1 amide bonds. The molecule has 0 saturated heterocycles. The molecule has 0 atom stereocenters. The van der Waals surface area contributed by atoms with Crippen molar-refractivity contribution in [1.29, 1.82) is 0 Å². The van der Waals surface area contributed by atoms with Crippen molar-refractivity contribution in [2.24, 2.45) is 5.73 Å². The van der Waals surface area contributed by atoms with Gasteiger partial charge in [-0.2, -0.15) is 4.98 Å². The molecule has 0 saturated carbocycles. The molecule has 2 heterocycles. The molecule has 3 aromatic rings. The fraction of sp³-hybridized carbons (Fsp3) is 0.200. The number of amides is 1. The van der Waals surface area contributed by atoms with Crippen molar-refractivity contribution in [1.82, 2.24) is 15.0 Å². The number of aromatic nitrogens is 3. The quantitative estimate of drug-likeness (QED) is 0.398. The van der Waals surface area contributed by atoms with Gasteiger partial charge in [0, 0.05) is 17.6 Å². The van der Waals surface area contributed by atoms with Gasteiger partial charge in [0.05, 0.1) is 23.7 Å². The van der Waals surface area contributed by atoms with Crippen molar-refractivity contribution in [2.45, 2.75) is 24.1 Å². The third kappa shape index (κ3) is 5.34. The molecule has 1 aromatic carbocycles. The molecule has 0 fully saturated rings. The van der Waals surface area contributed by atoms with Gasteiger partial charge >= 0.3 is 0 Å². The van der Waals surface area contributed by atoms with E-state index in [1.54, 1.807) is 24.3 Å².